The molecule has 0 atom stereocenters. The second kappa shape index (κ2) is 3.77. The molecular formula is C11H15N3S. The number of rotatable bonds is 2. The number of nitrogens with zero attached hydrogens (tertiary/aromatic N) is 3. The number of aryl methyl sites for hydroxylation is 1. The lowest BCUT2D eigenvalue weighted by Gasteiger charge is -1.97. The molecule has 0 saturated carbocycles. The average molecular weight is 221 g/mol. The smallest absolute Gasteiger partial charge is 0.126 e. The van der Waals surface area contributed by atoms with Gasteiger partial charge in [0, 0.05) is 23.8 Å². The molecule has 15 heavy (non-hydrogen) atoms. The van der Waals surface area contributed by atoms with E-state index in [9.17, 15) is 0 Å². The van der Waals surface area contributed by atoms with Crippen molar-refractivity contribution in [1.29, 1.82) is 0 Å². The largest absolute Gasteiger partial charge is 0.272 e. The summed E-state index contributed by atoms with van der Waals surface area (Å²) in [6.07, 6.45) is 3.86. The fourth-order valence-corrected chi connectivity index (χ4v) is 2.37. The third-order valence-corrected chi connectivity index (χ3v) is 3.89. The van der Waals surface area contributed by atoms with Crippen molar-refractivity contribution >= 4 is 11.3 Å². The molecule has 0 saturated heterocycles. The van der Waals surface area contributed by atoms with Gasteiger partial charge in [0.05, 0.1) is 11.8 Å². The van der Waals surface area contributed by atoms with Gasteiger partial charge in [0.2, 0.25) is 0 Å². The Kier molecular flexibility index (Phi) is 2.61. The monoisotopic (exact) mass is 221 g/mol. The third-order valence-electron chi connectivity index (χ3n) is 2.56. The number of thiazole rings is 1. The molecular weight excluding hydrogens is 206 g/mol. The molecule has 0 spiro atoms. The Morgan fingerprint density at radius 3 is 2.53 bits per heavy atom. The quantitative estimate of drug-likeness (QED) is 0.780. The minimum Gasteiger partial charge on any atom is -0.272 e. The highest BCUT2D eigenvalue weighted by molar-refractivity contribution is 7.15. The lowest BCUT2D eigenvalue weighted by Crippen LogP contribution is -1.92. The van der Waals surface area contributed by atoms with Crippen molar-refractivity contribution in [3.63, 3.8) is 0 Å². The van der Waals surface area contributed by atoms with Crippen LogP contribution >= 0.6 is 11.3 Å². The Morgan fingerprint density at radius 2 is 2.07 bits per heavy atom. The van der Waals surface area contributed by atoms with Crippen LogP contribution in [0.25, 0.3) is 10.6 Å². The van der Waals surface area contributed by atoms with Crippen molar-refractivity contribution in [2.75, 3.05) is 0 Å². The standard InChI is InChI=1S/C11H15N3S/c1-7(2)10-6-12-11(15-10)9-5-13-14(4)8(9)3/h5-7H,1-4H3. The van der Waals surface area contributed by atoms with Crippen LogP contribution in [-0.2, 0) is 7.05 Å². The van der Waals surface area contributed by atoms with Gasteiger partial charge in [0.15, 0.2) is 0 Å². The van der Waals surface area contributed by atoms with E-state index < -0.39 is 0 Å². The van der Waals surface area contributed by atoms with Crippen LogP contribution in [0.3, 0.4) is 0 Å². The predicted molar refractivity (Wildman–Crippen MR) is 63.1 cm³/mol. The minimum atomic E-state index is 0.549. The van der Waals surface area contributed by atoms with Crippen molar-refractivity contribution in [2.24, 2.45) is 7.05 Å². The van der Waals surface area contributed by atoms with Gasteiger partial charge in [-0.2, -0.15) is 5.10 Å². The zero-order valence-electron chi connectivity index (χ0n) is 9.48. The second-order valence-corrected chi connectivity index (χ2v) is 5.05. The van der Waals surface area contributed by atoms with Crippen LogP contribution in [0.2, 0.25) is 0 Å². The van der Waals surface area contributed by atoms with Crippen LogP contribution in [-0.4, -0.2) is 14.8 Å². The van der Waals surface area contributed by atoms with Crippen LogP contribution in [0, 0.1) is 6.92 Å². The molecule has 2 rings (SSSR count). The molecule has 2 aromatic rings. The number of hydrogen-bond donors (Lipinski definition) is 0. The highest BCUT2D eigenvalue weighted by Gasteiger charge is 2.11. The summed E-state index contributed by atoms with van der Waals surface area (Å²) in [7, 11) is 1.95. The normalized spacial score (nSPS) is 11.3. The van der Waals surface area contributed by atoms with Crippen molar-refractivity contribution in [2.45, 2.75) is 26.7 Å². The molecule has 0 aromatic carbocycles. The van der Waals surface area contributed by atoms with E-state index in [-0.39, 0.29) is 0 Å². The SMILES string of the molecule is Cc1c(-c2ncc(C(C)C)s2)cnn1C. The van der Waals surface area contributed by atoms with Crippen LogP contribution in [0.5, 0.6) is 0 Å². The van der Waals surface area contributed by atoms with Crippen molar-refractivity contribution < 1.29 is 0 Å². The zero-order chi connectivity index (χ0) is 11.0. The summed E-state index contributed by atoms with van der Waals surface area (Å²) in [6.45, 7) is 6.44. The Hall–Kier alpha value is -1.16. The van der Waals surface area contributed by atoms with Gasteiger partial charge in [-0.15, -0.1) is 11.3 Å². The summed E-state index contributed by atoms with van der Waals surface area (Å²) in [6, 6.07) is 0. The van der Waals surface area contributed by atoms with Gasteiger partial charge in [-0.25, -0.2) is 4.98 Å². The van der Waals surface area contributed by atoms with Crippen molar-refractivity contribution in [3.05, 3.63) is 23.0 Å². The Bertz CT molecular complexity index is 468. The van der Waals surface area contributed by atoms with E-state index >= 15 is 0 Å². The highest BCUT2D eigenvalue weighted by atomic mass is 32.1. The Morgan fingerprint density at radius 1 is 1.33 bits per heavy atom. The van der Waals surface area contributed by atoms with Gasteiger partial charge in [0.1, 0.15) is 5.01 Å². The summed E-state index contributed by atoms with van der Waals surface area (Å²) in [5.74, 6) is 0.549. The summed E-state index contributed by atoms with van der Waals surface area (Å²) >= 11 is 1.76. The summed E-state index contributed by atoms with van der Waals surface area (Å²) in [4.78, 5) is 5.77. The Labute approximate surface area is 93.8 Å². The van der Waals surface area contributed by atoms with Crippen LogP contribution < -0.4 is 0 Å². The predicted octanol–water partition coefficient (Wildman–Crippen LogP) is 2.98. The first kappa shape index (κ1) is 10.4. The molecule has 0 aliphatic carbocycles. The van der Waals surface area contributed by atoms with Crippen LogP contribution in [0.4, 0.5) is 0 Å². The summed E-state index contributed by atoms with van der Waals surface area (Å²) in [5, 5.41) is 5.30. The molecule has 4 heteroatoms. The third kappa shape index (κ3) is 1.81. The van der Waals surface area contributed by atoms with Gasteiger partial charge in [-0.05, 0) is 12.8 Å². The molecule has 0 unspecified atom stereocenters. The van der Waals surface area contributed by atoms with Crippen molar-refractivity contribution in [1.82, 2.24) is 14.8 Å². The van der Waals surface area contributed by atoms with E-state index in [1.165, 1.54) is 10.6 Å². The van der Waals surface area contributed by atoms with Gasteiger partial charge in [0.25, 0.3) is 0 Å². The maximum Gasteiger partial charge on any atom is 0.126 e. The fourth-order valence-electron chi connectivity index (χ4n) is 1.39. The van der Waals surface area contributed by atoms with Crippen LogP contribution in [0.15, 0.2) is 12.4 Å². The molecule has 80 valence electrons. The molecule has 2 aromatic heterocycles. The minimum absolute atomic E-state index is 0.549. The highest BCUT2D eigenvalue weighted by Crippen LogP contribution is 2.30. The van der Waals surface area contributed by atoms with E-state index in [1.54, 1.807) is 11.3 Å². The maximum absolute atomic E-state index is 4.45. The first-order valence-corrected chi connectivity index (χ1v) is 5.86. The molecule has 0 aliphatic rings. The zero-order valence-corrected chi connectivity index (χ0v) is 10.3. The first-order valence-electron chi connectivity index (χ1n) is 5.04. The molecule has 0 radical (unpaired) electrons. The van der Waals surface area contributed by atoms with E-state index in [0.29, 0.717) is 5.92 Å². The molecule has 0 amide bonds. The fraction of sp³-hybridized carbons (Fsp3) is 0.455. The Balaban J connectivity index is 2.41. The molecule has 3 nitrogen and oxygen atoms in total. The lowest BCUT2D eigenvalue weighted by molar-refractivity contribution is 0.740. The summed E-state index contributed by atoms with van der Waals surface area (Å²) < 4.78 is 1.88. The number of aromatic nitrogens is 3. The average Bonchev–Trinajstić information content (AvgIpc) is 2.76. The van der Waals surface area contributed by atoms with Crippen LogP contribution in [0.1, 0.15) is 30.3 Å². The van der Waals surface area contributed by atoms with Gasteiger partial charge in [-0.3, -0.25) is 4.68 Å². The molecule has 0 bridgehead atoms. The topological polar surface area (TPSA) is 30.7 Å². The van der Waals surface area contributed by atoms with Crippen molar-refractivity contribution in [3.8, 4) is 10.6 Å². The van der Waals surface area contributed by atoms with E-state index in [0.717, 1.165) is 10.6 Å². The van der Waals surface area contributed by atoms with Gasteiger partial charge < -0.3 is 0 Å². The molecule has 0 fully saturated rings. The number of hydrogen-bond acceptors (Lipinski definition) is 3. The van der Waals surface area contributed by atoms with Gasteiger partial charge in [-0.1, -0.05) is 13.8 Å². The summed E-state index contributed by atoms with van der Waals surface area (Å²) in [5.41, 5.74) is 2.31. The van der Waals surface area contributed by atoms with E-state index in [2.05, 4.69) is 30.9 Å². The van der Waals surface area contributed by atoms with Gasteiger partial charge >= 0.3 is 0 Å². The van der Waals surface area contributed by atoms with E-state index in [4.69, 9.17) is 0 Å². The molecule has 2 heterocycles. The van der Waals surface area contributed by atoms with E-state index in [1.807, 2.05) is 24.1 Å². The first-order chi connectivity index (χ1) is 7.09. The second-order valence-electron chi connectivity index (χ2n) is 3.99. The molecule has 0 aliphatic heterocycles. The lowest BCUT2D eigenvalue weighted by atomic mass is 10.2. The maximum atomic E-state index is 4.45. The molecule has 0 N–H and O–H groups in total.